The third kappa shape index (κ3) is 3.46. The van der Waals surface area contributed by atoms with E-state index >= 15 is 0 Å². The van der Waals surface area contributed by atoms with Crippen LogP contribution in [0.25, 0.3) is 0 Å². The Balaban J connectivity index is 2.19. The molecule has 0 saturated carbocycles. The molecule has 7 nitrogen and oxygen atoms in total. The van der Waals surface area contributed by atoms with Crippen LogP contribution in [0.4, 0.5) is 15.8 Å². The zero-order valence-electron chi connectivity index (χ0n) is 11.5. The van der Waals surface area contributed by atoms with Crippen molar-refractivity contribution in [3.8, 4) is 0 Å². The molecule has 1 aromatic carbocycles. The maximum atomic E-state index is 13.6. The van der Waals surface area contributed by atoms with Gasteiger partial charge in [-0.25, -0.2) is 4.39 Å². The van der Waals surface area contributed by atoms with E-state index in [9.17, 15) is 19.3 Å². The number of hydrogen-bond donors (Lipinski definition) is 2. The largest absolute Gasteiger partial charge is 0.386 e. The normalized spacial score (nSPS) is 17.5. The Kier molecular flexibility index (Phi) is 4.69. The molecule has 0 aromatic heterocycles. The van der Waals surface area contributed by atoms with Crippen LogP contribution in [0.5, 0.6) is 0 Å². The first-order valence-electron chi connectivity index (χ1n) is 6.58. The van der Waals surface area contributed by atoms with Gasteiger partial charge in [0.1, 0.15) is 5.56 Å². The smallest absolute Gasteiger partial charge is 0.285 e. The van der Waals surface area contributed by atoms with Gasteiger partial charge in [0.2, 0.25) is 0 Å². The van der Waals surface area contributed by atoms with Crippen LogP contribution in [0.1, 0.15) is 23.2 Å². The quantitative estimate of drug-likeness (QED) is 0.637. The number of benzene rings is 1. The molecular formula is C13H16FN3O4. The molecule has 1 aliphatic rings. The Morgan fingerprint density at radius 1 is 1.57 bits per heavy atom. The van der Waals surface area contributed by atoms with Crippen LogP contribution in [-0.4, -0.2) is 37.1 Å². The summed E-state index contributed by atoms with van der Waals surface area (Å²) in [5.74, 6) is -1.39. The molecule has 0 bridgehead atoms. The summed E-state index contributed by atoms with van der Waals surface area (Å²) in [6.45, 7) is 0.934. The molecule has 1 atom stereocenters. The molecule has 1 unspecified atom stereocenters. The number of nitro groups is 1. The molecule has 114 valence electrons. The highest BCUT2D eigenvalue weighted by Gasteiger charge is 2.24. The lowest BCUT2D eigenvalue weighted by Crippen LogP contribution is -2.32. The Bertz CT molecular complexity index is 559. The topological polar surface area (TPSA) is 93.5 Å². The summed E-state index contributed by atoms with van der Waals surface area (Å²) >= 11 is 0. The molecule has 21 heavy (non-hydrogen) atoms. The second-order valence-corrected chi connectivity index (χ2v) is 4.70. The number of nitrogens with one attached hydrogen (secondary N) is 2. The van der Waals surface area contributed by atoms with Crippen molar-refractivity contribution in [2.24, 2.45) is 0 Å². The Hall–Kier alpha value is -2.22. The molecule has 1 aliphatic heterocycles. The lowest BCUT2D eigenvalue weighted by Gasteiger charge is -2.12. The van der Waals surface area contributed by atoms with Gasteiger partial charge in [-0.05, 0) is 18.9 Å². The van der Waals surface area contributed by atoms with Crippen molar-refractivity contribution in [1.29, 1.82) is 0 Å². The second-order valence-electron chi connectivity index (χ2n) is 4.70. The third-order valence-electron chi connectivity index (χ3n) is 3.31. The minimum absolute atomic E-state index is 0.0304. The summed E-state index contributed by atoms with van der Waals surface area (Å²) in [5.41, 5.74) is -0.706. The number of amides is 1. The van der Waals surface area contributed by atoms with Crippen molar-refractivity contribution >= 4 is 17.3 Å². The minimum atomic E-state index is -0.778. The Labute approximate surface area is 120 Å². The number of nitro benzene ring substituents is 1. The van der Waals surface area contributed by atoms with E-state index in [2.05, 4.69) is 10.6 Å². The number of halogens is 1. The van der Waals surface area contributed by atoms with Gasteiger partial charge in [0.15, 0.2) is 5.82 Å². The molecule has 0 aliphatic carbocycles. The Morgan fingerprint density at radius 3 is 2.90 bits per heavy atom. The maximum Gasteiger partial charge on any atom is 0.285 e. The summed E-state index contributed by atoms with van der Waals surface area (Å²) in [5, 5.41) is 16.1. The van der Waals surface area contributed by atoms with Gasteiger partial charge in [-0.1, -0.05) is 0 Å². The molecule has 1 aromatic rings. The number of rotatable bonds is 5. The van der Waals surface area contributed by atoms with Crippen LogP contribution < -0.4 is 10.6 Å². The predicted molar refractivity (Wildman–Crippen MR) is 73.9 cm³/mol. The number of carbonyl (C=O) groups is 1. The van der Waals surface area contributed by atoms with Gasteiger partial charge in [-0.15, -0.1) is 0 Å². The third-order valence-corrected chi connectivity index (χ3v) is 3.31. The predicted octanol–water partition coefficient (Wildman–Crippen LogP) is 1.68. The summed E-state index contributed by atoms with van der Waals surface area (Å²) in [6.07, 6.45) is 1.70. The van der Waals surface area contributed by atoms with Crippen molar-refractivity contribution in [3.05, 3.63) is 33.6 Å². The van der Waals surface area contributed by atoms with Crippen molar-refractivity contribution in [2.45, 2.75) is 18.9 Å². The number of carbonyl (C=O) groups excluding carboxylic acids is 1. The lowest BCUT2D eigenvalue weighted by atomic mass is 10.1. The molecule has 1 heterocycles. The van der Waals surface area contributed by atoms with Gasteiger partial charge in [-0.3, -0.25) is 14.9 Å². The van der Waals surface area contributed by atoms with Gasteiger partial charge in [0, 0.05) is 20.2 Å². The Morgan fingerprint density at radius 2 is 2.33 bits per heavy atom. The second kappa shape index (κ2) is 6.49. The van der Waals surface area contributed by atoms with E-state index in [1.165, 1.54) is 7.05 Å². The van der Waals surface area contributed by atoms with Crippen molar-refractivity contribution in [2.75, 3.05) is 25.5 Å². The van der Waals surface area contributed by atoms with E-state index in [0.717, 1.165) is 25.0 Å². The van der Waals surface area contributed by atoms with E-state index in [0.29, 0.717) is 6.61 Å². The minimum Gasteiger partial charge on any atom is -0.386 e. The average Bonchev–Trinajstić information content (AvgIpc) is 2.97. The monoisotopic (exact) mass is 297 g/mol. The molecule has 1 fully saturated rings. The first-order valence-corrected chi connectivity index (χ1v) is 6.58. The fourth-order valence-corrected chi connectivity index (χ4v) is 2.19. The highest BCUT2D eigenvalue weighted by Crippen LogP contribution is 2.26. The first-order chi connectivity index (χ1) is 10.0. The van der Waals surface area contributed by atoms with Crippen LogP contribution in [0.2, 0.25) is 0 Å². The van der Waals surface area contributed by atoms with Gasteiger partial charge < -0.3 is 15.4 Å². The molecular weight excluding hydrogens is 281 g/mol. The van der Waals surface area contributed by atoms with Crippen molar-refractivity contribution in [3.63, 3.8) is 0 Å². The molecule has 0 spiro atoms. The zero-order valence-corrected chi connectivity index (χ0v) is 11.5. The number of ether oxygens (including phenoxy) is 1. The summed E-state index contributed by atoms with van der Waals surface area (Å²) in [7, 11) is 1.47. The first kappa shape index (κ1) is 15.2. The number of hydrogen-bond acceptors (Lipinski definition) is 5. The molecule has 8 heteroatoms. The number of anilines is 1. The van der Waals surface area contributed by atoms with Crippen LogP contribution in [0, 0.1) is 15.9 Å². The van der Waals surface area contributed by atoms with Gasteiger partial charge in [0.25, 0.3) is 11.6 Å². The van der Waals surface area contributed by atoms with Crippen LogP contribution in [0.15, 0.2) is 12.1 Å². The maximum absolute atomic E-state index is 13.6. The van der Waals surface area contributed by atoms with Crippen molar-refractivity contribution in [1.82, 2.24) is 5.32 Å². The van der Waals surface area contributed by atoms with E-state index < -0.39 is 22.3 Å². The molecule has 0 radical (unpaired) electrons. The fourth-order valence-electron chi connectivity index (χ4n) is 2.19. The van der Waals surface area contributed by atoms with E-state index in [-0.39, 0.29) is 23.9 Å². The SMILES string of the molecule is CNc1cc(C(=O)NCC2CCCO2)c([N+](=O)[O-])cc1F. The van der Waals surface area contributed by atoms with E-state index in [1.807, 2.05) is 0 Å². The standard InChI is InChI=1S/C13H16FN3O4/c1-15-11-5-9(12(17(19)20)6-10(11)14)13(18)16-7-8-3-2-4-21-8/h5-6,8,15H,2-4,7H2,1H3,(H,16,18). The highest BCUT2D eigenvalue weighted by molar-refractivity contribution is 5.99. The number of nitrogens with zero attached hydrogens (tertiary/aromatic N) is 1. The van der Waals surface area contributed by atoms with Gasteiger partial charge in [0.05, 0.1) is 22.8 Å². The van der Waals surface area contributed by atoms with Crippen LogP contribution in [0.3, 0.4) is 0 Å². The lowest BCUT2D eigenvalue weighted by molar-refractivity contribution is -0.385. The summed E-state index contributed by atoms with van der Waals surface area (Å²) in [6, 6.07) is 1.88. The molecule has 1 amide bonds. The average molecular weight is 297 g/mol. The van der Waals surface area contributed by atoms with Crippen molar-refractivity contribution < 1.29 is 18.8 Å². The summed E-state index contributed by atoms with van der Waals surface area (Å²) < 4.78 is 18.9. The fraction of sp³-hybridized carbons (Fsp3) is 0.462. The molecule has 2 rings (SSSR count). The van der Waals surface area contributed by atoms with Crippen LogP contribution >= 0.6 is 0 Å². The summed E-state index contributed by atoms with van der Waals surface area (Å²) in [4.78, 5) is 22.3. The van der Waals surface area contributed by atoms with E-state index in [4.69, 9.17) is 4.74 Å². The van der Waals surface area contributed by atoms with Crippen LogP contribution in [-0.2, 0) is 4.74 Å². The molecule has 1 saturated heterocycles. The zero-order chi connectivity index (χ0) is 15.4. The highest BCUT2D eigenvalue weighted by atomic mass is 19.1. The van der Waals surface area contributed by atoms with Gasteiger partial charge >= 0.3 is 0 Å². The molecule has 2 N–H and O–H groups in total. The van der Waals surface area contributed by atoms with E-state index in [1.54, 1.807) is 0 Å². The van der Waals surface area contributed by atoms with Gasteiger partial charge in [-0.2, -0.15) is 0 Å².